The number of carboxylic acid groups (broad SMARTS) is 1. The van der Waals surface area contributed by atoms with E-state index in [1.165, 1.54) is 12.8 Å². The average molecular weight is 241 g/mol. The Morgan fingerprint density at radius 1 is 1.53 bits per heavy atom. The molecule has 1 rings (SSSR count). The first-order valence-corrected chi connectivity index (χ1v) is 6.73. The third kappa shape index (κ3) is 3.44. The van der Waals surface area contributed by atoms with Gasteiger partial charge in [-0.1, -0.05) is 27.7 Å². The number of likely N-dealkylation sites (N-methyl/N-ethyl adjacent to an activating group) is 1. The first-order chi connectivity index (χ1) is 7.78. The van der Waals surface area contributed by atoms with Crippen LogP contribution in [0.25, 0.3) is 0 Å². The molecule has 0 saturated heterocycles. The molecule has 0 spiro atoms. The van der Waals surface area contributed by atoms with Gasteiger partial charge in [-0.2, -0.15) is 0 Å². The van der Waals surface area contributed by atoms with Crippen LogP contribution in [0.4, 0.5) is 0 Å². The molecule has 1 aliphatic rings. The molecule has 0 bridgehead atoms. The highest BCUT2D eigenvalue weighted by Gasteiger charge is 2.37. The second-order valence-electron chi connectivity index (χ2n) is 6.38. The maximum absolute atomic E-state index is 11.2. The Morgan fingerprint density at radius 2 is 2.12 bits per heavy atom. The topological polar surface area (TPSA) is 40.5 Å². The van der Waals surface area contributed by atoms with E-state index in [9.17, 15) is 9.90 Å². The van der Waals surface area contributed by atoms with E-state index < -0.39 is 5.97 Å². The van der Waals surface area contributed by atoms with Gasteiger partial charge in [-0.3, -0.25) is 9.69 Å². The lowest BCUT2D eigenvalue weighted by atomic mass is 9.70. The quantitative estimate of drug-likeness (QED) is 0.822. The fourth-order valence-corrected chi connectivity index (χ4v) is 3.41. The van der Waals surface area contributed by atoms with Gasteiger partial charge in [0.2, 0.25) is 0 Å². The van der Waals surface area contributed by atoms with Crippen LogP contribution in [0.3, 0.4) is 0 Å². The van der Waals surface area contributed by atoms with E-state index >= 15 is 0 Å². The van der Waals surface area contributed by atoms with Gasteiger partial charge in [-0.15, -0.1) is 0 Å². The summed E-state index contributed by atoms with van der Waals surface area (Å²) >= 11 is 0. The highest BCUT2D eigenvalue weighted by molar-refractivity contribution is 5.73. The van der Waals surface area contributed by atoms with Crippen LogP contribution in [0, 0.1) is 11.3 Å². The van der Waals surface area contributed by atoms with Crippen molar-refractivity contribution in [2.24, 2.45) is 11.3 Å². The summed E-state index contributed by atoms with van der Waals surface area (Å²) in [5.74, 6) is -0.107. The molecule has 0 heterocycles. The van der Waals surface area contributed by atoms with Gasteiger partial charge >= 0.3 is 5.97 Å². The molecule has 0 amide bonds. The van der Waals surface area contributed by atoms with Crippen molar-refractivity contribution in [2.75, 3.05) is 7.05 Å². The van der Waals surface area contributed by atoms with Gasteiger partial charge in [-0.25, -0.2) is 0 Å². The van der Waals surface area contributed by atoms with E-state index in [1.807, 2.05) is 14.0 Å². The fraction of sp³-hybridized carbons (Fsp3) is 0.929. The lowest BCUT2D eigenvalue weighted by Crippen LogP contribution is -2.50. The van der Waals surface area contributed by atoms with E-state index in [0.717, 1.165) is 6.42 Å². The Balaban J connectivity index is 2.70. The van der Waals surface area contributed by atoms with Crippen molar-refractivity contribution in [3.8, 4) is 0 Å². The lowest BCUT2D eigenvalue weighted by Gasteiger charge is -2.44. The first-order valence-electron chi connectivity index (χ1n) is 6.73. The number of hydrogen-bond acceptors (Lipinski definition) is 2. The summed E-state index contributed by atoms with van der Waals surface area (Å²) in [6.07, 6.45) is 4.19. The van der Waals surface area contributed by atoms with Crippen LogP contribution >= 0.6 is 0 Å². The molecule has 1 N–H and O–H groups in total. The maximum atomic E-state index is 11.2. The van der Waals surface area contributed by atoms with Crippen molar-refractivity contribution < 1.29 is 9.90 Å². The van der Waals surface area contributed by atoms with Gasteiger partial charge in [0.15, 0.2) is 0 Å². The molecule has 3 heteroatoms. The molecule has 1 fully saturated rings. The summed E-state index contributed by atoms with van der Waals surface area (Å²) in [7, 11) is 1.97. The number of rotatable bonds is 4. The molecule has 3 unspecified atom stereocenters. The van der Waals surface area contributed by atoms with Crippen LogP contribution in [-0.2, 0) is 4.79 Å². The van der Waals surface area contributed by atoms with E-state index in [0.29, 0.717) is 23.8 Å². The van der Waals surface area contributed by atoms with E-state index in [4.69, 9.17) is 0 Å². The van der Waals surface area contributed by atoms with Crippen LogP contribution < -0.4 is 0 Å². The number of carbonyl (C=O) groups is 1. The minimum absolute atomic E-state index is 0.330. The number of nitrogens with zero attached hydrogens (tertiary/aromatic N) is 1. The molecule has 0 aliphatic heterocycles. The summed E-state index contributed by atoms with van der Waals surface area (Å²) in [5.41, 5.74) is 0.418. The molecular formula is C14H27NO2. The predicted octanol–water partition coefficient (Wildman–Crippen LogP) is 3.00. The second kappa shape index (κ2) is 5.38. The molecule has 17 heavy (non-hydrogen) atoms. The lowest BCUT2D eigenvalue weighted by molar-refractivity contribution is -0.144. The zero-order valence-electron chi connectivity index (χ0n) is 11.9. The smallest absolute Gasteiger partial charge is 0.320 e. The normalized spacial score (nSPS) is 30.2. The van der Waals surface area contributed by atoms with Crippen molar-refractivity contribution in [1.82, 2.24) is 4.90 Å². The predicted molar refractivity (Wildman–Crippen MR) is 70.1 cm³/mol. The summed E-state index contributed by atoms with van der Waals surface area (Å²) in [6, 6.07) is 0.0905. The molecule has 1 saturated carbocycles. The van der Waals surface area contributed by atoms with Crippen molar-refractivity contribution in [1.29, 1.82) is 0 Å². The van der Waals surface area contributed by atoms with E-state index in [2.05, 4.69) is 25.7 Å². The van der Waals surface area contributed by atoms with Crippen LogP contribution in [0.2, 0.25) is 0 Å². The van der Waals surface area contributed by atoms with E-state index in [1.54, 1.807) is 0 Å². The monoisotopic (exact) mass is 241 g/mol. The molecule has 1 aliphatic carbocycles. The Bertz CT molecular complexity index is 275. The Kier molecular flexibility index (Phi) is 4.59. The third-order valence-electron chi connectivity index (χ3n) is 4.33. The molecule has 0 radical (unpaired) electrons. The first kappa shape index (κ1) is 14.5. The zero-order chi connectivity index (χ0) is 13.2. The van der Waals surface area contributed by atoms with Crippen molar-refractivity contribution in [3.63, 3.8) is 0 Å². The minimum Gasteiger partial charge on any atom is -0.480 e. The third-order valence-corrected chi connectivity index (χ3v) is 4.33. The molecule has 100 valence electrons. The van der Waals surface area contributed by atoms with Gasteiger partial charge in [-0.05, 0) is 44.1 Å². The Morgan fingerprint density at radius 3 is 2.53 bits per heavy atom. The summed E-state index contributed by atoms with van der Waals surface area (Å²) < 4.78 is 0. The van der Waals surface area contributed by atoms with Gasteiger partial charge in [0.25, 0.3) is 0 Å². The molecule has 3 atom stereocenters. The van der Waals surface area contributed by atoms with Crippen LogP contribution in [0.1, 0.15) is 53.4 Å². The molecule has 0 aromatic heterocycles. The SMILES string of the molecule is CCC(C(=O)O)N(C)C1CCC(C)(C)CC1C. The number of hydrogen-bond donors (Lipinski definition) is 1. The second-order valence-corrected chi connectivity index (χ2v) is 6.38. The molecule has 3 nitrogen and oxygen atoms in total. The van der Waals surface area contributed by atoms with Gasteiger partial charge in [0, 0.05) is 6.04 Å². The fourth-order valence-electron chi connectivity index (χ4n) is 3.41. The van der Waals surface area contributed by atoms with Crippen LogP contribution in [-0.4, -0.2) is 35.1 Å². The zero-order valence-corrected chi connectivity index (χ0v) is 11.9. The summed E-state index contributed by atoms with van der Waals surface area (Å²) in [5, 5.41) is 9.22. The maximum Gasteiger partial charge on any atom is 0.320 e. The minimum atomic E-state index is -0.688. The average Bonchev–Trinajstić information content (AvgIpc) is 2.15. The Labute approximate surface area is 105 Å². The van der Waals surface area contributed by atoms with Gasteiger partial charge < -0.3 is 5.11 Å². The summed E-state index contributed by atoms with van der Waals surface area (Å²) in [4.78, 5) is 13.3. The molecular weight excluding hydrogens is 214 g/mol. The number of carboxylic acids is 1. The highest BCUT2D eigenvalue weighted by Crippen LogP contribution is 2.40. The standard InChI is InChI=1S/C14H27NO2/c1-6-11(13(16)17)15(5)12-7-8-14(3,4)9-10(12)2/h10-12H,6-9H2,1-5H3,(H,16,17). The molecule has 0 aromatic rings. The summed E-state index contributed by atoms with van der Waals surface area (Å²) in [6.45, 7) is 8.84. The van der Waals surface area contributed by atoms with Crippen molar-refractivity contribution >= 4 is 5.97 Å². The highest BCUT2D eigenvalue weighted by atomic mass is 16.4. The van der Waals surface area contributed by atoms with E-state index in [-0.39, 0.29) is 6.04 Å². The van der Waals surface area contributed by atoms with Crippen molar-refractivity contribution in [3.05, 3.63) is 0 Å². The molecule has 0 aromatic carbocycles. The van der Waals surface area contributed by atoms with Gasteiger partial charge in [0.1, 0.15) is 6.04 Å². The Hall–Kier alpha value is -0.570. The van der Waals surface area contributed by atoms with Gasteiger partial charge in [0.05, 0.1) is 0 Å². The van der Waals surface area contributed by atoms with Crippen LogP contribution in [0.15, 0.2) is 0 Å². The van der Waals surface area contributed by atoms with Crippen molar-refractivity contribution in [2.45, 2.75) is 65.5 Å². The largest absolute Gasteiger partial charge is 0.480 e. The van der Waals surface area contributed by atoms with Crippen LogP contribution in [0.5, 0.6) is 0 Å². The number of aliphatic carboxylic acids is 1.